The summed E-state index contributed by atoms with van der Waals surface area (Å²) in [5.74, 6) is -0.385. The van der Waals surface area contributed by atoms with Gasteiger partial charge in [0.25, 0.3) is 0 Å². The number of imidazole rings is 1. The van der Waals surface area contributed by atoms with E-state index in [1.165, 1.54) is 12.1 Å². The van der Waals surface area contributed by atoms with Gasteiger partial charge in [0.1, 0.15) is 5.82 Å². The SMILES string of the molecule is Cc1ccc2[nH]c(=S)n(-c3ccc(F)cc3Cl)c2n1. The van der Waals surface area contributed by atoms with Gasteiger partial charge in [-0.15, -0.1) is 0 Å². The summed E-state index contributed by atoms with van der Waals surface area (Å²) in [5.41, 5.74) is 2.97. The number of aromatic amines is 1. The zero-order chi connectivity index (χ0) is 13.6. The molecule has 3 rings (SSSR count). The maximum absolute atomic E-state index is 13.1. The fourth-order valence-corrected chi connectivity index (χ4v) is 2.51. The van der Waals surface area contributed by atoms with Crippen molar-refractivity contribution < 1.29 is 4.39 Å². The summed E-state index contributed by atoms with van der Waals surface area (Å²) in [4.78, 5) is 7.51. The number of fused-ring (bicyclic) bond motifs is 1. The highest BCUT2D eigenvalue weighted by Crippen LogP contribution is 2.25. The third kappa shape index (κ3) is 2.05. The molecule has 3 nitrogen and oxygen atoms in total. The predicted molar refractivity (Wildman–Crippen MR) is 76.0 cm³/mol. The Kier molecular flexibility index (Phi) is 2.88. The molecule has 2 heterocycles. The molecule has 6 heteroatoms. The van der Waals surface area contributed by atoms with E-state index in [1.807, 2.05) is 19.1 Å². The first kappa shape index (κ1) is 12.3. The van der Waals surface area contributed by atoms with E-state index >= 15 is 0 Å². The first-order chi connectivity index (χ1) is 9.06. The van der Waals surface area contributed by atoms with Crippen LogP contribution in [-0.2, 0) is 0 Å². The molecule has 1 N–H and O–H groups in total. The Morgan fingerprint density at radius 3 is 2.84 bits per heavy atom. The van der Waals surface area contributed by atoms with Crippen LogP contribution in [0.5, 0.6) is 0 Å². The zero-order valence-corrected chi connectivity index (χ0v) is 11.5. The van der Waals surface area contributed by atoms with Crippen molar-refractivity contribution >= 4 is 35.0 Å². The summed E-state index contributed by atoms with van der Waals surface area (Å²) in [5, 5.41) is 0.292. The fraction of sp³-hybridized carbons (Fsp3) is 0.0769. The number of pyridine rings is 1. The van der Waals surface area contributed by atoms with Gasteiger partial charge in [-0.25, -0.2) is 9.37 Å². The Hall–Kier alpha value is -1.72. The van der Waals surface area contributed by atoms with E-state index in [9.17, 15) is 4.39 Å². The van der Waals surface area contributed by atoms with Crippen molar-refractivity contribution in [2.24, 2.45) is 0 Å². The summed E-state index contributed by atoms with van der Waals surface area (Å²) >= 11 is 11.4. The molecule has 96 valence electrons. The highest BCUT2D eigenvalue weighted by atomic mass is 35.5. The first-order valence-electron chi connectivity index (χ1n) is 5.60. The molecular weight excluding hydrogens is 285 g/mol. The second kappa shape index (κ2) is 4.43. The van der Waals surface area contributed by atoms with E-state index in [4.69, 9.17) is 23.8 Å². The number of benzene rings is 1. The average Bonchev–Trinajstić information content (AvgIpc) is 2.65. The van der Waals surface area contributed by atoms with Gasteiger partial charge in [-0.05, 0) is 49.5 Å². The molecule has 0 spiro atoms. The second-order valence-corrected chi connectivity index (χ2v) is 4.98. The van der Waals surface area contributed by atoms with E-state index < -0.39 is 0 Å². The van der Waals surface area contributed by atoms with Gasteiger partial charge in [-0.3, -0.25) is 4.57 Å². The van der Waals surface area contributed by atoms with E-state index in [0.717, 1.165) is 11.2 Å². The lowest BCUT2D eigenvalue weighted by molar-refractivity contribution is 0.627. The third-order valence-electron chi connectivity index (χ3n) is 2.82. The van der Waals surface area contributed by atoms with Gasteiger partial charge in [-0.2, -0.15) is 0 Å². The van der Waals surface area contributed by atoms with Crippen molar-refractivity contribution in [2.45, 2.75) is 6.92 Å². The van der Waals surface area contributed by atoms with Gasteiger partial charge in [0, 0.05) is 5.69 Å². The van der Waals surface area contributed by atoms with Crippen molar-refractivity contribution in [1.29, 1.82) is 0 Å². The molecule has 3 aromatic rings. The lowest BCUT2D eigenvalue weighted by Gasteiger charge is -2.06. The minimum Gasteiger partial charge on any atom is -0.329 e. The van der Waals surface area contributed by atoms with Crippen LogP contribution < -0.4 is 0 Å². The van der Waals surface area contributed by atoms with Gasteiger partial charge in [0.2, 0.25) is 0 Å². The lowest BCUT2D eigenvalue weighted by Crippen LogP contribution is -1.97. The van der Waals surface area contributed by atoms with Crippen molar-refractivity contribution in [3.05, 3.63) is 51.6 Å². The highest BCUT2D eigenvalue weighted by Gasteiger charge is 2.11. The molecule has 0 aliphatic heterocycles. The smallest absolute Gasteiger partial charge is 0.184 e. The predicted octanol–water partition coefficient (Wildman–Crippen LogP) is 4.18. The zero-order valence-electron chi connectivity index (χ0n) is 9.95. The number of nitrogens with one attached hydrogen (secondary N) is 1. The number of aromatic nitrogens is 3. The normalized spacial score (nSPS) is 11.1. The Bertz CT molecular complexity index is 838. The van der Waals surface area contributed by atoms with E-state index in [2.05, 4.69) is 9.97 Å². The Balaban J connectivity index is 2.38. The number of H-pyrrole nitrogens is 1. The van der Waals surface area contributed by atoms with Crippen LogP contribution >= 0.6 is 23.8 Å². The number of hydrogen-bond acceptors (Lipinski definition) is 2. The maximum atomic E-state index is 13.1. The quantitative estimate of drug-likeness (QED) is 0.683. The molecule has 0 fully saturated rings. The summed E-state index contributed by atoms with van der Waals surface area (Å²) in [6.45, 7) is 1.89. The van der Waals surface area contributed by atoms with E-state index in [1.54, 1.807) is 10.6 Å². The van der Waals surface area contributed by atoms with Gasteiger partial charge in [-0.1, -0.05) is 11.6 Å². The lowest BCUT2D eigenvalue weighted by atomic mass is 10.3. The topological polar surface area (TPSA) is 33.6 Å². The summed E-state index contributed by atoms with van der Waals surface area (Å²) in [7, 11) is 0. The van der Waals surface area contributed by atoms with E-state index in [0.29, 0.717) is 21.1 Å². The summed E-state index contributed by atoms with van der Waals surface area (Å²) in [6, 6.07) is 7.99. The van der Waals surface area contributed by atoms with E-state index in [-0.39, 0.29) is 5.82 Å². The number of halogens is 2. The average molecular weight is 294 g/mol. The Labute approximate surface area is 118 Å². The first-order valence-corrected chi connectivity index (χ1v) is 6.39. The molecule has 0 aliphatic rings. The third-order valence-corrected chi connectivity index (χ3v) is 3.41. The van der Waals surface area contributed by atoms with Crippen molar-refractivity contribution in [1.82, 2.24) is 14.5 Å². The van der Waals surface area contributed by atoms with Crippen LogP contribution in [0.2, 0.25) is 5.02 Å². The van der Waals surface area contributed by atoms with Crippen molar-refractivity contribution in [3.63, 3.8) is 0 Å². The molecule has 19 heavy (non-hydrogen) atoms. The molecule has 0 unspecified atom stereocenters. The summed E-state index contributed by atoms with van der Waals surface area (Å²) < 4.78 is 15.3. The van der Waals surface area contributed by atoms with Gasteiger partial charge >= 0.3 is 0 Å². The van der Waals surface area contributed by atoms with Crippen LogP contribution in [0, 0.1) is 17.5 Å². The van der Waals surface area contributed by atoms with Crippen LogP contribution in [0.15, 0.2) is 30.3 Å². The molecule has 2 aromatic heterocycles. The van der Waals surface area contributed by atoms with Crippen molar-refractivity contribution in [2.75, 3.05) is 0 Å². The Morgan fingerprint density at radius 1 is 1.32 bits per heavy atom. The minimum atomic E-state index is -0.385. The minimum absolute atomic E-state index is 0.292. The van der Waals surface area contributed by atoms with Gasteiger partial charge in [0.05, 0.1) is 16.2 Å². The van der Waals surface area contributed by atoms with Gasteiger partial charge in [0.15, 0.2) is 10.4 Å². The largest absolute Gasteiger partial charge is 0.329 e. The number of hydrogen-bond donors (Lipinski definition) is 1. The Morgan fingerprint density at radius 2 is 2.11 bits per heavy atom. The summed E-state index contributed by atoms with van der Waals surface area (Å²) in [6.07, 6.45) is 0. The van der Waals surface area contributed by atoms with Crippen LogP contribution in [0.1, 0.15) is 5.69 Å². The number of aryl methyl sites for hydroxylation is 1. The fourth-order valence-electron chi connectivity index (χ4n) is 1.96. The second-order valence-electron chi connectivity index (χ2n) is 4.19. The number of rotatable bonds is 1. The molecule has 0 bridgehead atoms. The maximum Gasteiger partial charge on any atom is 0.184 e. The van der Waals surface area contributed by atoms with Crippen LogP contribution in [-0.4, -0.2) is 14.5 Å². The standard InChI is InChI=1S/C13H9ClFN3S/c1-7-2-4-10-12(16-7)18(13(19)17-10)11-5-3-8(15)6-9(11)14/h2-6H,1H3,(H,17,19). The number of nitrogens with zero attached hydrogens (tertiary/aromatic N) is 2. The highest BCUT2D eigenvalue weighted by molar-refractivity contribution is 7.71. The molecule has 1 aromatic carbocycles. The van der Waals surface area contributed by atoms with Crippen LogP contribution in [0.3, 0.4) is 0 Å². The molecule has 0 atom stereocenters. The molecule has 0 amide bonds. The van der Waals surface area contributed by atoms with Crippen LogP contribution in [0.4, 0.5) is 4.39 Å². The molecule has 0 radical (unpaired) electrons. The molecule has 0 saturated carbocycles. The van der Waals surface area contributed by atoms with Crippen molar-refractivity contribution in [3.8, 4) is 5.69 Å². The molecular formula is C13H9ClFN3S. The van der Waals surface area contributed by atoms with Crippen LogP contribution in [0.25, 0.3) is 16.9 Å². The molecule has 0 saturated heterocycles. The van der Waals surface area contributed by atoms with Gasteiger partial charge < -0.3 is 4.98 Å². The molecule has 0 aliphatic carbocycles. The monoisotopic (exact) mass is 293 g/mol.